The minimum atomic E-state index is -0.508. The van der Waals surface area contributed by atoms with E-state index >= 15 is 0 Å². The van der Waals surface area contributed by atoms with Gasteiger partial charge >= 0.3 is 0 Å². The van der Waals surface area contributed by atoms with Crippen molar-refractivity contribution in [3.8, 4) is 11.3 Å². The van der Waals surface area contributed by atoms with Crippen LogP contribution in [0, 0.1) is 17.0 Å². The molecule has 0 aliphatic carbocycles. The number of nitrogens with one attached hydrogen (secondary N) is 1. The highest BCUT2D eigenvalue weighted by Gasteiger charge is 2.10. The highest BCUT2D eigenvalue weighted by molar-refractivity contribution is 6.30. The molecule has 0 saturated carbocycles. The van der Waals surface area contributed by atoms with Crippen molar-refractivity contribution >= 4 is 35.0 Å². The normalized spacial score (nSPS) is 10.9. The standard InChI is InChI=1S/C20H15ClN2O4/c1-13-2-7-16(23(25)26)12-18(13)22-20(24)11-9-17-8-10-19(27-17)14-3-5-15(21)6-4-14/h2-12H,1H3,(H,22,24). The maximum absolute atomic E-state index is 12.1. The average Bonchev–Trinajstić information content (AvgIpc) is 3.11. The largest absolute Gasteiger partial charge is 0.457 e. The molecule has 3 rings (SSSR count). The molecule has 0 atom stereocenters. The van der Waals surface area contributed by atoms with Crippen molar-refractivity contribution in [2.45, 2.75) is 6.92 Å². The lowest BCUT2D eigenvalue weighted by molar-refractivity contribution is -0.384. The molecule has 1 aromatic heterocycles. The Morgan fingerprint density at radius 1 is 1.15 bits per heavy atom. The number of anilines is 1. The molecule has 0 fully saturated rings. The number of carbonyl (C=O) groups is 1. The quantitative estimate of drug-likeness (QED) is 0.360. The molecular weight excluding hydrogens is 368 g/mol. The Kier molecular flexibility index (Phi) is 5.38. The van der Waals surface area contributed by atoms with Gasteiger partial charge in [-0.2, -0.15) is 0 Å². The van der Waals surface area contributed by atoms with Crippen LogP contribution < -0.4 is 5.32 Å². The first-order chi connectivity index (χ1) is 12.9. The number of rotatable bonds is 5. The van der Waals surface area contributed by atoms with E-state index in [1.807, 2.05) is 12.1 Å². The third-order valence-electron chi connectivity index (χ3n) is 3.84. The van der Waals surface area contributed by atoms with Gasteiger partial charge in [0.2, 0.25) is 5.91 Å². The zero-order chi connectivity index (χ0) is 19.4. The smallest absolute Gasteiger partial charge is 0.271 e. The lowest BCUT2D eigenvalue weighted by Gasteiger charge is -2.05. The van der Waals surface area contributed by atoms with Crippen LogP contribution in [-0.4, -0.2) is 10.8 Å². The first-order valence-electron chi connectivity index (χ1n) is 8.02. The Bertz CT molecular complexity index is 1020. The SMILES string of the molecule is Cc1ccc([N+](=O)[O-])cc1NC(=O)C=Cc1ccc(-c2ccc(Cl)cc2)o1. The molecule has 0 bridgehead atoms. The van der Waals surface area contributed by atoms with Crippen LogP contribution >= 0.6 is 11.6 Å². The van der Waals surface area contributed by atoms with Gasteiger partial charge in [-0.15, -0.1) is 0 Å². The molecule has 6 nitrogen and oxygen atoms in total. The molecule has 136 valence electrons. The van der Waals surface area contributed by atoms with Crippen LogP contribution in [0.4, 0.5) is 11.4 Å². The molecule has 2 aromatic carbocycles. The Labute approximate surface area is 160 Å². The van der Waals surface area contributed by atoms with E-state index in [0.717, 1.165) is 11.1 Å². The van der Waals surface area contributed by atoms with Gasteiger partial charge in [-0.1, -0.05) is 17.7 Å². The number of nitro benzene ring substituents is 1. The number of aryl methyl sites for hydroxylation is 1. The summed E-state index contributed by atoms with van der Waals surface area (Å²) in [6.07, 6.45) is 2.84. The minimum absolute atomic E-state index is 0.0847. The van der Waals surface area contributed by atoms with E-state index in [1.54, 1.807) is 37.3 Å². The van der Waals surface area contributed by atoms with Crippen molar-refractivity contribution < 1.29 is 14.1 Å². The lowest BCUT2D eigenvalue weighted by atomic mass is 10.2. The Morgan fingerprint density at radius 2 is 1.89 bits per heavy atom. The van der Waals surface area contributed by atoms with Crippen LogP contribution in [0.5, 0.6) is 0 Å². The molecule has 3 aromatic rings. The number of carbonyl (C=O) groups excluding carboxylic acids is 1. The Hall–Kier alpha value is -3.38. The molecule has 1 amide bonds. The van der Waals surface area contributed by atoms with Crippen molar-refractivity contribution in [1.82, 2.24) is 0 Å². The number of nitrogens with zero attached hydrogens (tertiary/aromatic N) is 1. The second-order valence-electron chi connectivity index (χ2n) is 5.79. The number of benzene rings is 2. The van der Waals surface area contributed by atoms with Gasteiger partial charge in [0.1, 0.15) is 11.5 Å². The van der Waals surface area contributed by atoms with E-state index in [2.05, 4.69) is 5.32 Å². The van der Waals surface area contributed by atoms with Crippen molar-refractivity contribution in [2.24, 2.45) is 0 Å². The van der Waals surface area contributed by atoms with Gasteiger partial charge < -0.3 is 9.73 Å². The summed E-state index contributed by atoms with van der Waals surface area (Å²) >= 11 is 5.87. The molecule has 0 aliphatic rings. The first kappa shape index (κ1) is 18.4. The third-order valence-corrected chi connectivity index (χ3v) is 4.10. The minimum Gasteiger partial charge on any atom is -0.457 e. The zero-order valence-corrected chi connectivity index (χ0v) is 15.1. The van der Waals surface area contributed by atoms with Gasteiger partial charge in [-0.3, -0.25) is 14.9 Å². The van der Waals surface area contributed by atoms with E-state index in [0.29, 0.717) is 22.2 Å². The van der Waals surface area contributed by atoms with Crippen molar-refractivity contribution in [3.05, 3.63) is 87.1 Å². The lowest BCUT2D eigenvalue weighted by Crippen LogP contribution is -2.09. The monoisotopic (exact) mass is 382 g/mol. The van der Waals surface area contributed by atoms with Crippen LogP contribution in [0.3, 0.4) is 0 Å². The molecule has 0 radical (unpaired) electrons. The van der Waals surface area contributed by atoms with E-state index < -0.39 is 10.8 Å². The molecule has 1 N–H and O–H groups in total. The number of hydrogen-bond acceptors (Lipinski definition) is 4. The summed E-state index contributed by atoms with van der Waals surface area (Å²) in [5, 5.41) is 14.1. The number of halogens is 1. The fourth-order valence-electron chi connectivity index (χ4n) is 2.40. The van der Waals surface area contributed by atoms with Crippen molar-refractivity contribution in [3.63, 3.8) is 0 Å². The molecular formula is C20H15ClN2O4. The topological polar surface area (TPSA) is 85.4 Å². The summed E-state index contributed by atoms with van der Waals surface area (Å²) in [4.78, 5) is 22.5. The van der Waals surface area contributed by atoms with Crippen LogP contribution in [0.15, 0.2) is 65.1 Å². The first-order valence-corrected chi connectivity index (χ1v) is 8.40. The van der Waals surface area contributed by atoms with Crippen molar-refractivity contribution in [2.75, 3.05) is 5.32 Å². The number of amides is 1. The summed E-state index contributed by atoms with van der Waals surface area (Å²) in [7, 11) is 0. The number of non-ortho nitro benzene ring substituents is 1. The molecule has 0 spiro atoms. The van der Waals surface area contributed by atoms with Gasteiger partial charge in [0.15, 0.2) is 0 Å². The molecule has 27 heavy (non-hydrogen) atoms. The summed E-state index contributed by atoms with van der Waals surface area (Å²) in [6.45, 7) is 1.76. The van der Waals surface area contributed by atoms with E-state index in [4.69, 9.17) is 16.0 Å². The van der Waals surface area contributed by atoms with Crippen LogP contribution in [-0.2, 0) is 4.79 Å². The maximum atomic E-state index is 12.1. The molecule has 1 heterocycles. The predicted molar refractivity (Wildman–Crippen MR) is 105 cm³/mol. The molecule has 0 saturated heterocycles. The summed E-state index contributed by atoms with van der Waals surface area (Å²) < 4.78 is 5.69. The van der Waals surface area contributed by atoms with Gasteiger partial charge in [0.25, 0.3) is 5.69 Å². The summed E-state index contributed by atoms with van der Waals surface area (Å²) in [5.74, 6) is 0.746. The number of hydrogen-bond donors (Lipinski definition) is 1. The highest BCUT2D eigenvalue weighted by Crippen LogP contribution is 2.25. The summed E-state index contributed by atoms with van der Waals surface area (Å²) in [5.41, 5.74) is 1.90. The van der Waals surface area contributed by atoms with Gasteiger partial charge in [0.05, 0.1) is 10.6 Å². The molecule has 7 heteroatoms. The predicted octanol–water partition coefficient (Wildman–Crippen LogP) is 5.47. The van der Waals surface area contributed by atoms with Crippen LogP contribution in [0.2, 0.25) is 5.02 Å². The van der Waals surface area contributed by atoms with Gasteiger partial charge in [-0.25, -0.2) is 0 Å². The number of nitro groups is 1. The Morgan fingerprint density at radius 3 is 2.59 bits per heavy atom. The van der Waals surface area contributed by atoms with E-state index in [9.17, 15) is 14.9 Å². The maximum Gasteiger partial charge on any atom is 0.271 e. The Balaban J connectivity index is 1.70. The fraction of sp³-hybridized carbons (Fsp3) is 0.0500. The second-order valence-corrected chi connectivity index (χ2v) is 6.22. The van der Waals surface area contributed by atoms with Crippen LogP contribution in [0.25, 0.3) is 17.4 Å². The van der Waals surface area contributed by atoms with Gasteiger partial charge in [-0.05, 0) is 55.0 Å². The van der Waals surface area contributed by atoms with E-state index in [-0.39, 0.29) is 5.69 Å². The molecule has 0 unspecified atom stereocenters. The third kappa shape index (κ3) is 4.62. The fourth-order valence-corrected chi connectivity index (χ4v) is 2.53. The molecule has 0 aliphatic heterocycles. The van der Waals surface area contributed by atoms with Crippen LogP contribution in [0.1, 0.15) is 11.3 Å². The second kappa shape index (κ2) is 7.88. The average molecular weight is 383 g/mol. The van der Waals surface area contributed by atoms with E-state index in [1.165, 1.54) is 24.3 Å². The highest BCUT2D eigenvalue weighted by atomic mass is 35.5. The van der Waals surface area contributed by atoms with Gasteiger partial charge in [0, 0.05) is 28.8 Å². The zero-order valence-electron chi connectivity index (χ0n) is 14.3. The summed E-state index contributed by atoms with van der Waals surface area (Å²) in [6, 6.07) is 15.1. The number of furan rings is 1. The van der Waals surface area contributed by atoms with Crippen molar-refractivity contribution in [1.29, 1.82) is 0 Å².